The summed E-state index contributed by atoms with van der Waals surface area (Å²) >= 11 is 0. The minimum absolute atomic E-state index is 0.0642. The summed E-state index contributed by atoms with van der Waals surface area (Å²) < 4.78 is 25.3. The molecule has 0 unspecified atom stereocenters. The topological polar surface area (TPSA) is 112 Å². The van der Waals surface area contributed by atoms with Gasteiger partial charge < -0.3 is 10.2 Å². The molecule has 0 atom stereocenters. The van der Waals surface area contributed by atoms with Crippen LogP contribution in [0.3, 0.4) is 0 Å². The van der Waals surface area contributed by atoms with Crippen molar-refractivity contribution < 1.29 is 28.2 Å². The van der Waals surface area contributed by atoms with Crippen molar-refractivity contribution in [1.29, 1.82) is 0 Å². The molecule has 0 heterocycles. The highest BCUT2D eigenvalue weighted by Gasteiger charge is 2.29. The monoisotopic (exact) mass is 313 g/mol. The highest BCUT2D eigenvalue weighted by Crippen LogP contribution is 2.26. The number of carbonyl (C=O) groups is 2. The maximum absolute atomic E-state index is 12.4. The molecule has 114 valence electrons. The summed E-state index contributed by atoms with van der Waals surface area (Å²) in [4.78, 5) is 21.5. The molecule has 0 amide bonds. The van der Waals surface area contributed by atoms with Gasteiger partial charge in [-0.25, -0.2) is 8.42 Å². The molecule has 8 heteroatoms. The molecular weight excluding hydrogens is 298 g/mol. The molecule has 2 rings (SSSR count). The SMILES string of the molecule is O=C(O)CN(CC(=O)O)S(=O)(=O)c1ccc2c(c1)CCC2. The Morgan fingerprint density at radius 3 is 2.19 bits per heavy atom. The fourth-order valence-electron chi connectivity index (χ4n) is 2.39. The van der Waals surface area contributed by atoms with Gasteiger partial charge in [-0.15, -0.1) is 0 Å². The maximum atomic E-state index is 12.4. The lowest BCUT2D eigenvalue weighted by molar-refractivity contribution is -0.139. The summed E-state index contributed by atoms with van der Waals surface area (Å²) in [6.07, 6.45) is 2.62. The lowest BCUT2D eigenvalue weighted by Crippen LogP contribution is -2.39. The van der Waals surface area contributed by atoms with E-state index in [0.29, 0.717) is 4.31 Å². The Bertz CT molecular complexity index is 666. The first-order valence-electron chi connectivity index (χ1n) is 6.36. The quantitative estimate of drug-likeness (QED) is 0.783. The second kappa shape index (κ2) is 5.82. The predicted octanol–water partition coefficient (Wildman–Crippen LogP) is 0.335. The van der Waals surface area contributed by atoms with E-state index in [1.165, 1.54) is 12.1 Å². The van der Waals surface area contributed by atoms with E-state index in [2.05, 4.69) is 0 Å². The number of rotatable bonds is 6. The number of nitrogens with zero attached hydrogens (tertiary/aromatic N) is 1. The summed E-state index contributed by atoms with van der Waals surface area (Å²) in [6, 6.07) is 4.61. The van der Waals surface area contributed by atoms with Crippen molar-refractivity contribution in [3.8, 4) is 0 Å². The fraction of sp³-hybridized carbons (Fsp3) is 0.385. The van der Waals surface area contributed by atoms with Crippen molar-refractivity contribution >= 4 is 22.0 Å². The van der Waals surface area contributed by atoms with Crippen LogP contribution in [0, 0.1) is 0 Å². The standard InChI is InChI=1S/C13H15NO6S/c15-12(16)7-14(8-13(17)18)21(19,20)11-5-4-9-2-1-3-10(9)6-11/h4-6H,1-3,7-8H2,(H,15,16)(H,17,18). The summed E-state index contributed by atoms with van der Waals surface area (Å²) in [5.41, 5.74) is 2.00. The number of aryl methyl sites for hydroxylation is 2. The number of carboxylic acids is 2. The summed E-state index contributed by atoms with van der Waals surface area (Å²) in [6.45, 7) is -1.77. The molecule has 0 radical (unpaired) electrons. The third-order valence-electron chi connectivity index (χ3n) is 3.33. The molecule has 1 aliphatic rings. The second-order valence-corrected chi connectivity index (χ2v) is 6.78. The average molecular weight is 313 g/mol. The molecule has 2 N–H and O–H groups in total. The number of benzene rings is 1. The first-order valence-corrected chi connectivity index (χ1v) is 7.80. The van der Waals surface area contributed by atoms with Crippen molar-refractivity contribution in [3.05, 3.63) is 29.3 Å². The number of aliphatic carboxylic acids is 2. The van der Waals surface area contributed by atoms with Crippen LogP contribution in [0.2, 0.25) is 0 Å². The molecule has 21 heavy (non-hydrogen) atoms. The van der Waals surface area contributed by atoms with Crippen LogP contribution in [0.5, 0.6) is 0 Å². The molecule has 7 nitrogen and oxygen atoms in total. The zero-order chi connectivity index (χ0) is 15.6. The maximum Gasteiger partial charge on any atom is 0.318 e. The van der Waals surface area contributed by atoms with Crippen LogP contribution in [0.1, 0.15) is 17.5 Å². The van der Waals surface area contributed by atoms with Crippen LogP contribution in [0.15, 0.2) is 23.1 Å². The van der Waals surface area contributed by atoms with Gasteiger partial charge in [-0.3, -0.25) is 9.59 Å². The zero-order valence-corrected chi connectivity index (χ0v) is 12.0. The average Bonchev–Trinajstić information content (AvgIpc) is 2.83. The van der Waals surface area contributed by atoms with Crippen LogP contribution in [0.25, 0.3) is 0 Å². The van der Waals surface area contributed by atoms with Crippen LogP contribution in [-0.2, 0) is 32.5 Å². The Balaban J connectivity index is 2.37. The van der Waals surface area contributed by atoms with E-state index in [9.17, 15) is 18.0 Å². The Kier molecular flexibility index (Phi) is 4.29. The predicted molar refractivity (Wildman–Crippen MR) is 72.5 cm³/mol. The van der Waals surface area contributed by atoms with E-state index in [0.717, 1.165) is 30.4 Å². The van der Waals surface area contributed by atoms with E-state index < -0.39 is 35.1 Å². The summed E-state index contributed by atoms with van der Waals surface area (Å²) in [5.74, 6) is -2.80. The smallest absolute Gasteiger partial charge is 0.318 e. The first kappa shape index (κ1) is 15.5. The van der Waals surface area contributed by atoms with Gasteiger partial charge in [0.1, 0.15) is 13.1 Å². The number of sulfonamides is 1. The number of hydrogen-bond donors (Lipinski definition) is 2. The van der Waals surface area contributed by atoms with Crippen molar-refractivity contribution in [2.45, 2.75) is 24.2 Å². The van der Waals surface area contributed by atoms with Crippen molar-refractivity contribution in [2.75, 3.05) is 13.1 Å². The van der Waals surface area contributed by atoms with Crippen molar-refractivity contribution in [2.24, 2.45) is 0 Å². The Hall–Kier alpha value is -1.93. The molecule has 1 aromatic carbocycles. The second-order valence-electron chi connectivity index (χ2n) is 4.84. The molecule has 0 saturated heterocycles. The lowest BCUT2D eigenvalue weighted by atomic mass is 10.1. The molecular formula is C13H15NO6S. The van der Waals surface area contributed by atoms with Crippen LogP contribution < -0.4 is 0 Å². The molecule has 0 spiro atoms. The van der Waals surface area contributed by atoms with E-state index in [1.807, 2.05) is 0 Å². The lowest BCUT2D eigenvalue weighted by Gasteiger charge is -2.18. The van der Waals surface area contributed by atoms with E-state index in [4.69, 9.17) is 10.2 Å². The van der Waals surface area contributed by atoms with Gasteiger partial charge in [-0.05, 0) is 42.5 Å². The molecule has 0 fully saturated rings. The van der Waals surface area contributed by atoms with Crippen molar-refractivity contribution in [3.63, 3.8) is 0 Å². The van der Waals surface area contributed by atoms with E-state index >= 15 is 0 Å². The van der Waals surface area contributed by atoms with Gasteiger partial charge in [-0.2, -0.15) is 4.31 Å². The number of carboxylic acid groups (broad SMARTS) is 2. The molecule has 0 aliphatic heterocycles. The Morgan fingerprint density at radius 2 is 1.62 bits per heavy atom. The van der Waals surface area contributed by atoms with Crippen molar-refractivity contribution in [1.82, 2.24) is 4.31 Å². The van der Waals surface area contributed by atoms with Crippen LogP contribution in [-0.4, -0.2) is 48.0 Å². The molecule has 0 bridgehead atoms. The number of fused-ring (bicyclic) bond motifs is 1. The van der Waals surface area contributed by atoms with Crippen LogP contribution >= 0.6 is 0 Å². The van der Waals surface area contributed by atoms with Gasteiger partial charge in [-0.1, -0.05) is 6.07 Å². The largest absolute Gasteiger partial charge is 0.480 e. The fourth-order valence-corrected chi connectivity index (χ4v) is 3.78. The summed E-state index contributed by atoms with van der Waals surface area (Å²) in [7, 11) is -4.14. The molecule has 1 aliphatic carbocycles. The highest BCUT2D eigenvalue weighted by atomic mass is 32.2. The third-order valence-corrected chi connectivity index (χ3v) is 5.12. The van der Waals surface area contributed by atoms with Gasteiger partial charge in [0.2, 0.25) is 10.0 Å². The van der Waals surface area contributed by atoms with Gasteiger partial charge >= 0.3 is 11.9 Å². The Labute approximate surface area is 121 Å². The molecule has 0 saturated carbocycles. The molecule has 1 aromatic rings. The highest BCUT2D eigenvalue weighted by molar-refractivity contribution is 7.89. The zero-order valence-electron chi connectivity index (χ0n) is 11.2. The molecule has 0 aromatic heterocycles. The first-order chi connectivity index (χ1) is 9.80. The summed E-state index contributed by atoms with van der Waals surface area (Å²) in [5, 5.41) is 17.5. The van der Waals surface area contributed by atoms with Gasteiger partial charge in [0.25, 0.3) is 0 Å². The number of hydrogen-bond acceptors (Lipinski definition) is 4. The Morgan fingerprint density at radius 1 is 1.05 bits per heavy atom. The van der Waals surface area contributed by atoms with Crippen LogP contribution in [0.4, 0.5) is 0 Å². The normalized spacial score (nSPS) is 14.1. The van der Waals surface area contributed by atoms with E-state index in [-0.39, 0.29) is 4.90 Å². The van der Waals surface area contributed by atoms with E-state index in [1.54, 1.807) is 6.07 Å². The minimum atomic E-state index is -4.14. The third kappa shape index (κ3) is 3.40. The van der Waals surface area contributed by atoms with Gasteiger partial charge in [0.15, 0.2) is 0 Å². The van der Waals surface area contributed by atoms with Gasteiger partial charge in [0, 0.05) is 0 Å². The van der Waals surface area contributed by atoms with Gasteiger partial charge in [0.05, 0.1) is 4.90 Å². The minimum Gasteiger partial charge on any atom is -0.480 e.